The molecular formula is C2HCl3N3NaO2. The van der Waals surface area contributed by atoms with Crippen LogP contribution in [0.1, 0.15) is 0 Å². The van der Waals surface area contributed by atoms with Crippen LogP contribution in [0.3, 0.4) is 0 Å². The van der Waals surface area contributed by atoms with Crippen molar-refractivity contribution < 1.29 is 39.5 Å². The first-order chi connectivity index (χ1) is 4.36. The van der Waals surface area contributed by atoms with Gasteiger partial charge in [-0.2, -0.15) is 0 Å². The first kappa shape index (κ1) is 17.7. The van der Waals surface area contributed by atoms with E-state index in [2.05, 4.69) is 0 Å². The fourth-order valence-electron chi connectivity index (χ4n) is 0. The minimum absolute atomic E-state index is 0. The van der Waals surface area contributed by atoms with Gasteiger partial charge in [0.2, 0.25) is 0 Å². The number of carboxylic acid groups (broad SMARTS) is 1. The van der Waals surface area contributed by atoms with E-state index in [0.717, 1.165) is 0 Å². The van der Waals surface area contributed by atoms with Crippen LogP contribution in [0.5, 0.6) is 0 Å². The van der Waals surface area contributed by atoms with Gasteiger partial charge in [-0.25, -0.2) is 4.79 Å². The minimum atomic E-state index is -2.17. The minimum Gasteiger partial charge on any atom is -0.478 e. The molecule has 0 aliphatic heterocycles. The van der Waals surface area contributed by atoms with Gasteiger partial charge in [0.05, 0.1) is 0 Å². The quantitative estimate of drug-likeness (QED) is 0.195. The average Bonchev–Trinajstić information content (AvgIpc) is 1.64. The van der Waals surface area contributed by atoms with Crippen LogP contribution in [0, 0.1) is 0 Å². The summed E-state index contributed by atoms with van der Waals surface area (Å²) in [4.78, 5) is 11.1. The van der Waals surface area contributed by atoms with Crippen molar-refractivity contribution in [3.8, 4) is 0 Å². The van der Waals surface area contributed by atoms with Gasteiger partial charge in [-0.3, -0.25) is 4.91 Å². The zero-order valence-electron chi connectivity index (χ0n) is 5.33. The molecule has 0 saturated carbocycles. The van der Waals surface area contributed by atoms with Crippen LogP contribution >= 0.6 is 34.8 Å². The van der Waals surface area contributed by atoms with Crippen molar-refractivity contribution in [3.63, 3.8) is 0 Å². The van der Waals surface area contributed by atoms with E-state index in [1.165, 1.54) is 4.91 Å². The first-order valence-electron chi connectivity index (χ1n) is 1.64. The molecule has 0 unspecified atom stereocenters. The van der Waals surface area contributed by atoms with Crippen LogP contribution in [0.4, 0.5) is 0 Å². The number of halogens is 3. The molecule has 0 spiro atoms. The second kappa shape index (κ2) is 8.74. The van der Waals surface area contributed by atoms with Crippen LogP contribution in [0.2, 0.25) is 0 Å². The summed E-state index contributed by atoms with van der Waals surface area (Å²) in [6, 6.07) is 0. The molecule has 0 bridgehead atoms. The Labute approximate surface area is 99.3 Å². The van der Waals surface area contributed by atoms with E-state index in [-0.39, 0.29) is 29.6 Å². The molecule has 0 aromatic carbocycles. The zero-order valence-corrected chi connectivity index (χ0v) is 9.60. The van der Waals surface area contributed by atoms with E-state index in [0.29, 0.717) is 0 Å². The maximum Gasteiger partial charge on any atom is 1.00 e. The van der Waals surface area contributed by atoms with Crippen molar-refractivity contribution >= 4 is 40.8 Å². The van der Waals surface area contributed by atoms with Gasteiger partial charge >= 0.3 is 35.5 Å². The van der Waals surface area contributed by atoms with E-state index >= 15 is 0 Å². The molecule has 0 fully saturated rings. The maximum absolute atomic E-state index is 9.62. The van der Waals surface area contributed by atoms with Gasteiger partial charge in [0.1, 0.15) is 0 Å². The fourth-order valence-corrected chi connectivity index (χ4v) is 0. The van der Waals surface area contributed by atoms with Gasteiger partial charge in [-0.1, -0.05) is 34.8 Å². The Morgan fingerprint density at radius 2 is 1.45 bits per heavy atom. The van der Waals surface area contributed by atoms with Gasteiger partial charge in [-0.15, -0.1) is 0 Å². The number of rotatable bonds is 0. The van der Waals surface area contributed by atoms with Crippen LogP contribution < -0.4 is 29.6 Å². The third kappa shape index (κ3) is 18.0. The number of hydrogen-bond donors (Lipinski definition) is 1. The summed E-state index contributed by atoms with van der Waals surface area (Å²) in [6.07, 6.45) is 0. The summed E-state index contributed by atoms with van der Waals surface area (Å²) >= 11 is 14.4. The second-order valence-corrected chi connectivity index (χ2v) is 3.17. The molecule has 0 aliphatic carbocycles. The summed E-state index contributed by atoms with van der Waals surface area (Å²) in [6.45, 7) is 0. The van der Waals surface area contributed by atoms with E-state index < -0.39 is 9.76 Å². The normalized spacial score (nSPS) is 7.91. The average molecular weight is 228 g/mol. The third-order valence-corrected chi connectivity index (χ3v) is 0.728. The first-order valence-corrected chi connectivity index (χ1v) is 2.78. The molecule has 0 atom stereocenters. The molecule has 0 aliphatic rings. The molecule has 0 radical (unpaired) electrons. The fraction of sp³-hybridized carbons (Fsp3) is 0.500. The largest absolute Gasteiger partial charge is 1.00 e. The number of nitrogens with zero attached hydrogens (tertiary/aromatic N) is 3. The molecule has 11 heavy (non-hydrogen) atoms. The van der Waals surface area contributed by atoms with Crippen molar-refractivity contribution in [2.24, 2.45) is 0 Å². The van der Waals surface area contributed by atoms with Crippen molar-refractivity contribution in [1.29, 1.82) is 0 Å². The molecule has 0 amide bonds. The molecule has 0 heterocycles. The van der Waals surface area contributed by atoms with Crippen LogP contribution in [0.25, 0.3) is 16.0 Å². The Morgan fingerprint density at radius 3 is 1.45 bits per heavy atom. The Morgan fingerprint density at radius 1 is 1.36 bits per heavy atom. The molecular weight excluding hydrogens is 227 g/mol. The van der Waals surface area contributed by atoms with E-state index in [1.807, 2.05) is 0 Å². The van der Waals surface area contributed by atoms with Crippen molar-refractivity contribution in [2.75, 3.05) is 0 Å². The van der Waals surface area contributed by atoms with Crippen LogP contribution in [-0.4, -0.2) is 14.9 Å². The van der Waals surface area contributed by atoms with E-state index in [9.17, 15) is 4.79 Å². The third-order valence-electron chi connectivity index (χ3n) is 0.243. The summed E-state index contributed by atoms with van der Waals surface area (Å²) in [5.41, 5.74) is 13.5. The SMILES string of the molecule is O=C(O)C(Cl)(Cl)Cl.[N-]=[N+]=[N-].[Na+]. The second-order valence-electron chi connectivity index (χ2n) is 0.892. The number of alkyl halides is 3. The summed E-state index contributed by atoms with van der Waals surface area (Å²) in [7, 11) is 0. The molecule has 0 rings (SSSR count). The van der Waals surface area contributed by atoms with Gasteiger partial charge in [0, 0.05) is 0 Å². The van der Waals surface area contributed by atoms with E-state index in [4.69, 9.17) is 51.0 Å². The number of hydrogen-bond acceptors (Lipinski definition) is 1. The predicted molar refractivity (Wildman–Crippen MR) is 38.0 cm³/mol. The topological polar surface area (TPSA) is 96.0 Å². The van der Waals surface area contributed by atoms with E-state index in [1.54, 1.807) is 0 Å². The molecule has 0 saturated heterocycles. The van der Waals surface area contributed by atoms with Crippen LogP contribution in [0.15, 0.2) is 0 Å². The molecule has 1 N–H and O–H groups in total. The summed E-state index contributed by atoms with van der Waals surface area (Å²) < 4.78 is -2.17. The zero-order chi connectivity index (χ0) is 8.78. The summed E-state index contributed by atoms with van der Waals surface area (Å²) in [5, 5.41) is 7.85. The monoisotopic (exact) mass is 227 g/mol. The van der Waals surface area contributed by atoms with Crippen molar-refractivity contribution in [1.82, 2.24) is 0 Å². The number of aliphatic carboxylic acids is 1. The van der Waals surface area contributed by atoms with Gasteiger partial charge in [0.25, 0.3) is 3.79 Å². The Kier molecular flexibility index (Phi) is 14.0. The molecule has 0 aromatic rings. The smallest absolute Gasteiger partial charge is 0.478 e. The standard InChI is InChI=1S/C2HCl3O2.N3.Na/c3-2(4,5)1(6)7;1-3-2;/h(H,6,7);;/q;-1;+1. The molecule has 0 aromatic heterocycles. The van der Waals surface area contributed by atoms with Crippen molar-refractivity contribution in [3.05, 3.63) is 16.0 Å². The van der Waals surface area contributed by atoms with Gasteiger partial charge < -0.3 is 16.2 Å². The summed E-state index contributed by atoms with van der Waals surface area (Å²) in [5.74, 6) is -1.46. The number of carbonyl (C=O) groups is 1. The van der Waals surface area contributed by atoms with Crippen molar-refractivity contribution in [2.45, 2.75) is 3.79 Å². The Balaban J connectivity index is -0.000000140. The maximum atomic E-state index is 9.62. The predicted octanol–water partition coefficient (Wildman–Crippen LogP) is -0.689. The van der Waals surface area contributed by atoms with Gasteiger partial charge in [0.15, 0.2) is 0 Å². The Bertz CT molecular complexity index is 151. The van der Waals surface area contributed by atoms with Gasteiger partial charge in [-0.05, 0) is 0 Å². The number of carboxylic acids is 1. The van der Waals surface area contributed by atoms with Crippen LogP contribution in [-0.2, 0) is 4.79 Å². The molecule has 9 heteroatoms. The Hall–Kier alpha value is 0.650. The molecule has 58 valence electrons. The molecule has 5 nitrogen and oxygen atoms in total.